The fourth-order valence-corrected chi connectivity index (χ4v) is 2.50. The first-order valence-electron chi connectivity index (χ1n) is 7.97. The fourth-order valence-electron chi connectivity index (χ4n) is 2.50. The minimum atomic E-state index is -0.209. The summed E-state index contributed by atoms with van der Waals surface area (Å²) in [5.41, 5.74) is 2.82. The van der Waals surface area contributed by atoms with Crippen molar-refractivity contribution in [3.05, 3.63) is 47.9 Å². The van der Waals surface area contributed by atoms with E-state index in [2.05, 4.69) is 25.9 Å². The van der Waals surface area contributed by atoms with Gasteiger partial charge in [0.05, 0.1) is 16.9 Å². The zero-order chi connectivity index (χ0) is 16.9. The number of likely N-dealkylation sites (N-methyl/N-ethyl adjacent to an activating group) is 1. The molecule has 1 amide bonds. The van der Waals surface area contributed by atoms with E-state index in [0.717, 1.165) is 29.7 Å². The van der Waals surface area contributed by atoms with Gasteiger partial charge in [-0.25, -0.2) is 4.68 Å². The highest BCUT2D eigenvalue weighted by molar-refractivity contribution is 5.93. The summed E-state index contributed by atoms with van der Waals surface area (Å²) in [6.45, 7) is 6.03. The molecule has 2 heterocycles. The predicted octanol–water partition coefficient (Wildman–Crippen LogP) is 1.46. The number of carbonyl (C=O) groups excluding carboxylic acids is 1. The van der Waals surface area contributed by atoms with Crippen LogP contribution in [0.3, 0.4) is 0 Å². The van der Waals surface area contributed by atoms with Crippen molar-refractivity contribution < 1.29 is 4.79 Å². The first-order valence-corrected chi connectivity index (χ1v) is 7.97. The molecule has 0 atom stereocenters. The van der Waals surface area contributed by atoms with E-state index in [-0.39, 0.29) is 5.91 Å². The minimum absolute atomic E-state index is 0.209. The lowest BCUT2D eigenvalue weighted by Gasteiger charge is -2.06. The van der Waals surface area contributed by atoms with Gasteiger partial charge in [0.25, 0.3) is 5.91 Å². The molecule has 0 spiro atoms. The van der Waals surface area contributed by atoms with E-state index < -0.39 is 0 Å². The average Bonchev–Trinajstić information content (AvgIpc) is 2.99. The maximum absolute atomic E-state index is 12.2. The quantitative estimate of drug-likeness (QED) is 0.671. The standard InChI is InChI=1S/C17H20N6O/c1-3-18-9-10-20-17(24)16-12(2)23(22-21-16)14-6-7-15-13(11-14)5-4-8-19-15/h4-8,11,18H,3,9-10H2,1-2H3,(H,20,24). The van der Waals surface area contributed by atoms with Gasteiger partial charge in [0.1, 0.15) is 0 Å². The number of aromatic nitrogens is 4. The van der Waals surface area contributed by atoms with E-state index in [4.69, 9.17) is 0 Å². The molecule has 7 nitrogen and oxygen atoms in total. The molecule has 2 N–H and O–H groups in total. The highest BCUT2D eigenvalue weighted by atomic mass is 16.2. The third-order valence-electron chi connectivity index (χ3n) is 3.78. The SMILES string of the molecule is CCNCCNC(=O)c1nnn(-c2ccc3ncccc3c2)c1C. The van der Waals surface area contributed by atoms with Gasteiger partial charge < -0.3 is 10.6 Å². The molecule has 0 unspecified atom stereocenters. The van der Waals surface area contributed by atoms with Gasteiger partial charge in [0.2, 0.25) is 0 Å². The maximum Gasteiger partial charge on any atom is 0.273 e. The Morgan fingerprint density at radius 2 is 2.12 bits per heavy atom. The Balaban J connectivity index is 1.82. The van der Waals surface area contributed by atoms with Crippen LogP contribution in [0.15, 0.2) is 36.5 Å². The third-order valence-corrected chi connectivity index (χ3v) is 3.78. The molecule has 0 bridgehead atoms. The summed E-state index contributed by atoms with van der Waals surface area (Å²) in [5.74, 6) is -0.209. The lowest BCUT2D eigenvalue weighted by Crippen LogP contribution is -2.32. The molecule has 0 radical (unpaired) electrons. The van der Waals surface area contributed by atoms with Crippen LogP contribution in [0, 0.1) is 6.92 Å². The molecule has 24 heavy (non-hydrogen) atoms. The van der Waals surface area contributed by atoms with E-state index in [1.54, 1.807) is 10.9 Å². The van der Waals surface area contributed by atoms with E-state index in [0.29, 0.717) is 17.9 Å². The lowest BCUT2D eigenvalue weighted by molar-refractivity contribution is 0.0948. The number of nitrogens with zero attached hydrogens (tertiary/aromatic N) is 4. The number of hydrogen-bond donors (Lipinski definition) is 2. The number of nitrogens with one attached hydrogen (secondary N) is 2. The summed E-state index contributed by atoms with van der Waals surface area (Å²) in [6, 6.07) is 9.72. The second-order valence-electron chi connectivity index (χ2n) is 5.43. The van der Waals surface area contributed by atoms with Gasteiger partial charge in [-0.1, -0.05) is 18.2 Å². The number of hydrogen-bond acceptors (Lipinski definition) is 5. The molecule has 3 rings (SSSR count). The number of benzene rings is 1. The summed E-state index contributed by atoms with van der Waals surface area (Å²) in [4.78, 5) is 16.5. The predicted molar refractivity (Wildman–Crippen MR) is 92.3 cm³/mol. The van der Waals surface area contributed by atoms with Gasteiger partial charge in [-0.3, -0.25) is 9.78 Å². The van der Waals surface area contributed by atoms with Crippen molar-refractivity contribution in [2.45, 2.75) is 13.8 Å². The molecule has 0 aliphatic heterocycles. The summed E-state index contributed by atoms with van der Waals surface area (Å²) >= 11 is 0. The lowest BCUT2D eigenvalue weighted by atomic mass is 10.2. The first kappa shape index (κ1) is 16.1. The molecule has 0 saturated carbocycles. The van der Waals surface area contributed by atoms with Gasteiger partial charge in [0.15, 0.2) is 5.69 Å². The zero-order valence-electron chi connectivity index (χ0n) is 13.8. The molecule has 3 aromatic rings. The second-order valence-corrected chi connectivity index (χ2v) is 5.43. The molecule has 0 saturated heterocycles. The largest absolute Gasteiger partial charge is 0.349 e. The Labute approximate surface area is 140 Å². The minimum Gasteiger partial charge on any atom is -0.349 e. The molecular weight excluding hydrogens is 304 g/mol. The molecule has 2 aromatic heterocycles. The Bertz CT molecular complexity index is 857. The highest BCUT2D eigenvalue weighted by Crippen LogP contribution is 2.18. The summed E-state index contributed by atoms with van der Waals surface area (Å²) in [6.07, 6.45) is 1.76. The van der Waals surface area contributed by atoms with Crippen molar-refractivity contribution in [3.8, 4) is 5.69 Å². The van der Waals surface area contributed by atoms with Crippen molar-refractivity contribution >= 4 is 16.8 Å². The normalized spacial score (nSPS) is 10.9. The number of rotatable bonds is 6. The zero-order valence-corrected chi connectivity index (χ0v) is 13.8. The van der Waals surface area contributed by atoms with E-state index >= 15 is 0 Å². The van der Waals surface area contributed by atoms with Crippen molar-refractivity contribution in [1.82, 2.24) is 30.6 Å². The molecular formula is C17H20N6O. The maximum atomic E-state index is 12.2. The van der Waals surface area contributed by atoms with Crippen LogP contribution in [0.4, 0.5) is 0 Å². The van der Waals surface area contributed by atoms with Crippen LogP contribution in [-0.2, 0) is 0 Å². The Morgan fingerprint density at radius 3 is 2.96 bits per heavy atom. The van der Waals surface area contributed by atoms with Crippen LogP contribution < -0.4 is 10.6 Å². The van der Waals surface area contributed by atoms with E-state index in [1.165, 1.54) is 0 Å². The number of amides is 1. The Kier molecular flexibility index (Phi) is 4.81. The van der Waals surface area contributed by atoms with Crippen molar-refractivity contribution in [1.29, 1.82) is 0 Å². The monoisotopic (exact) mass is 324 g/mol. The third kappa shape index (κ3) is 3.26. The highest BCUT2D eigenvalue weighted by Gasteiger charge is 2.17. The summed E-state index contributed by atoms with van der Waals surface area (Å²) < 4.78 is 1.67. The molecule has 0 fully saturated rings. The van der Waals surface area contributed by atoms with Crippen LogP contribution in [0.25, 0.3) is 16.6 Å². The molecule has 0 aliphatic rings. The average molecular weight is 324 g/mol. The Hall–Kier alpha value is -2.80. The molecule has 1 aromatic carbocycles. The first-order chi connectivity index (χ1) is 11.7. The van der Waals surface area contributed by atoms with Crippen molar-refractivity contribution in [3.63, 3.8) is 0 Å². The topological polar surface area (TPSA) is 84.7 Å². The van der Waals surface area contributed by atoms with Crippen LogP contribution in [0.2, 0.25) is 0 Å². The van der Waals surface area contributed by atoms with Gasteiger partial charge in [-0.15, -0.1) is 5.10 Å². The van der Waals surface area contributed by atoms with Crippen molar-refractivity contribution in [2.75, 3.05) is 19.6 Å². The Morgan fingerprint density at radius 1 is 1.25 bits per heavy atom. The van der Waals surface area contributed by atoms with Crippen LogP contribution in [0.5, 0.6) is 0 Å². The van der Waals surface area contributed by atoms with E-state index in [1.807, 2.05) is 44.2 Å². The summed E-state index contributed by atoms with van der Waals surface area (Å²) in [5, 5.41) is 15.2. The van der Waals surface area contributed by atoms with Crippen LogP contribution >= 0.6 is 0 Å². The van der Waals surface area contributed by atoms with Crippen molar-refractivity contribution in [2.24, 2.45) is 0 Å². The van der Waals surface area contributed by atoms with Gasteiger partial charge in [-0.05, 0) is 37.7 Å². The summed E-state index contributed by atoms with van der Waals surface area (Å²) in [7, 11) is 0. The fraction of sp³-hybridized carbons (Fsp3) is 0.294. The smallest absolute Gasteiger partial charge is 0.273 e. The number of pyridine rings is 1. The van der Waals surface area contributed by atoms with Gasteiger partial charge >= 0.3 is 0 Å². The van der Waals surface area contributed by atoms with Crippen LogP contribution in [-0.4, -0.2) is 45.5 Å². The second kappa shape index (κ2) is 7.18. The molecule has 124 valence electrons. The van der Waals surface area contributed by atoms with Crippen LogP contribution in [0.1, 0.15) is 23.1 Å². The molecule has 0 aliphatic carbocycles. The van der Waals surface area contributed by atoms with Gasteiger partial charge in [-0.2, -0.15) is 0 Å². The van der Waals surface area contributed by atoms with Gasteiger partial charge in [0, 0.05) is 24.7 Å². The van der Waals surface area contributed by atoms with E-state index in [9.17, 15) is 4.79 Å². The number of carbonyl (C=O) groups is 1. The number of fused-ring (bicyclic) bond motifs is 1. The molecule has 7 heteroatoms.